The summed E-state index contributed by atoms with van der Waals surface area (Å²) in [7, 11) is 0. The van der Waals surface area contributed by atoms with Gasteiger partial charge in [-0.3, -0.25) is 4.79 Å². The summed E-state index contributed by atoms with van der Waals surface area (Å²) in [5.41, 5.74) is 0.401. The molecule has 2 atom stereocenters. The van der Waals surface area contributed by atoms with Gasteiger partial charge in [0.05, 0.1) is 10.6 Å². The van der Waals surface area contributed by atoms with Gasteiger partial charge in [-0.2, -0.15) is 0 Å². The van der Waals surface area contributed by atoms with Crippen molar-refractivity contribution < 1.29 is 9.18 Å². The normalized spacial score (nSPS) is 26.2. The summed E-state index contributed by atoms with van der Waals surface area (Å²) in [6.45, 7) is 1.79. The average molecular weight is 297 g/mol. The molecule has 5 heteroatoms. The van der Waals surface area contributed by atoms with Crippen LogP contribution in [0.2, 0.25) is 5.02 Å². The first-order chi connectivity index (χ1) is 9.66. The van der Waals surface area contributed by atoms with E-state index >= 15 is 0 Å². The Morgan fingerprint density at radius 2 is 2.20 bits per heavy atom. The van der Waals surface area contributed by atoms with Crippen molar-refractivity contribution in [2.75, 3.05) is 13.1 Å². The average Bonchev–Trinajstić information content (AvgIpc) is 3.09. The summed E-state index contributed by atoms with van der Waals surface area (Å²) >= 11 is 6.01. The Kier molecular flexibility index (Phi) is 3.94. The molecule has 2 unspecified atom stereocenters. The standard InChI is InChI=1S/C15H18ClFN2O/c16-12-9-10(17)5-6-11(12)15(20)19-8-2-4-14(19)13-3-1-7-18-13/h5-6,9,13-14,18H,1-4,7-8H2. The Morgan fingerprint density at radius 1 is 1.35 bits per heavy atom. The molecule has 1 N–H and O–H groups in total. The van der Waals surface area contributed by atoms with Gasteiger partial charge in [0.15, 0.2) is 0 Å². The number of carbonyl (C=O) groups is 1. The summed E-state index contributed by atoms with van der Waals surface area (Å²) in [6.07, 6.45) is 4.34. The maximum absolute atomic E-state index is 13.1. The second-order valence-electron chi connectivity index (χ2n) is 5.54. The second-order valence-corrected chi connectivity index (χ2v) is 5.94. The van der Waals surface area contributed by atoms with Crippen molar-refractivity contribution >= 4 is 17.5 Å². The lowest BCUT2D eigenvalue weighted by molar-refractivity contribution is 0.0711. The lowest BCUT2D eigenvalue weighted by Gasteiger charge is -2.29. The quantitative estimate of drug-likeness (QED) is 0.910. The van der Waals surface area contributed by atoms with Gasteiger partial charge >= 0.3 is 0 Å². The third-order valence-electron chi connectivity index (χ3n) is 4.28. The predicted octanol–water partition coefficient (Wildman–Crippen LogP) is 2.84. The van der Waals surface area contributed by atoms with E-state index in [4.69, 9.17) is 11.6 Å². The minimum absolute atomic E-state index is 0.0776. The van der Waals surface area contributed by atoms with E-state index < -0.39 is 5.82 Å². The summed E-state index contributed by atoms with van der Waals surface area (Å²) in [4.78, 5) is 14.5. The summed E-state index contributed by atoms with van der Waals surface area (Å²) < 4.78 is 13.1. The van der Waals surface area contributed by atoms with Gasteiger partial charge in [-0.1, -0.05) is 11.6 Å². The molecule has 0 spiro atoms. The lowest BCUT2D eigenvalue weighted by atomic mass is 10.0. The van der Waals surface area contributed by atoms with Crippen LogP contribution in [-0.2, 0) is 0 Å². The number of hydrogen-bond donors (Lipinski definition) is 1. The number of halogens is 2. The maximum Gasteiger partial charge on any atom is 0.255 e. The minimum Gasteiger partial charge on any atom is -0.334 e. The van der Waals surface area contributed by atoms with Crippen molar-refractivity contribution in [1.29, 1.82) is 0 Å². The van der Waals surface area contributed by atoms with E-state index in [2.05, 4.69) is 5.32 Å². The molecule has 0 aromatic heterocycles. The Bertz CT molecular complexity index is 517. The van der Waals surface area contributed by atoms with Crippen molar-refractivity contribution in [2.45, 2.75) is 37.8 Å². The number of hydrogen-bond acceptors (Lipinski definition) is 2. The highest BCUT2D eigenvalue weighted by atomic mass is 35.5. The Labute approximate surface area is 123 Å². The molecule has 1 aromatic rings. The Morgan fingerprint density at radius 3 is 2.90 bits per heavy atom. The number of amides is 1. The summed E-state index contributed by atoms with van der Waals surface area (Å²) in [5.74, 6) is -0.492. The SMILES string of the molecule is O=C(c1ccc(F)cc1Cl)N1CCCC1C1CCCN1. The fourth-order valence-corrected chi connectivity index (χ4v) is 3.57. The molecule has 0 bridgehead atoms. The number of rotatable bonds is 2. The first kappa shape index (κ1) is 13.8. The molecule has 1 amide bonds. The Balaban J connectivity index is 1.81. The fraction of sp³-hybridized carbons (Fsp3) is 0.533. The number of carbonyl (C=O) groups excluding carboxylic acids is 1. The van der Waals surface area contributed by atoms with Crippen molar-refractivity contribution in [3.05, 3.63) is 34.6 Å². The molecule has 2 saturated heterocycles. The third kappa shape index (κ3) is 2.54. The van der Waals surface area contributed by atoms with Gasteiger partial charge in [0.25, 0.3) is 5.91 Å². The number of benzene rings is 1. The van der Waals surface area contributed by atoms with Gasteiger partial charge in [-0.15, -0.1) is 0 Å². The van der Waals surface area contributed by atoms with Crippen LogP contribution >= 0.6 is 11.6 Å². The minimum atomic E-state index is -0.415. The van der Waals surface area contributed by atoms with E-state index in [-0.39, 0.29) is 17.0 Å². The smallest absolute Gasteiger partial charge is 0.255 e. The van der Waals surface area contributed by atoms with Crippen LogP contribution in [0.15, 0.2) is 18.2 Å². The molecule has 2 fully saturated rings. The number of nitrogens with zero attached hydrogens (tertiary/aromatic N) is 1. The van der Waals surface area contributed by atoms with Crippen LogP contribution in [0, 0.1) is 5.82 Å². The van der Waals surface area contributed by atoms with E-state index in [1.165, 1.54) is 24.6 Å². The highest BCUT2D eigenvalue weighted by molar-refractivity contribution is 6.33. The summed E-state index contributed by atoms with van der Waals surface area (Å²) in [5, 5.41) is 3.67. The second kappa shape index (κ2) is 5.70. The highest BCUT2D eigenvalue weighted by Gasteiger charge is 2.36. The van der Waals surface area contributed by atoms with Gasteiger partial charge in [-0.25, -0.2) is 4.39 Å². The van der Waals surface area contributed by atoms with Crippen molar-refractivity contribution in [2.24, 2.45) is 0 Å². The van der Waals surface area contributed by atoms with Crippen LogP contribution in [0.25, 0.3) is 0 Å². The van der Waals surface area contributed by atoms with Crippen LogP contribution < -0.4 is 5.32 Å². The van der Waals surface area contributed by atoms with Gasteiger partial charge in [0.1, 0.15) is 5.82 Å². The number of likely N-dealkylation sites (tertiary alicyclic amines) is 1. The predicted molar refractivity (Wildman–Crippen MR) is 76.5 cm³/mol. The summed E-state index contributed by atoms with van der Waals surface area (Å²) in [6, 6.07) is 4.61. The van der Waals surface area contributed by atoms with Gasteiger partial charge in [0, 0.05) is 18.6 Å². The molecule has 0 aliphatic carbocycles. The lowest BCUT2D eigenvalue weighted by Crippen LogP contribution is -2.46. The fourth-order valence-electron chi connectivity index (χ4n) is 3.32. The first-order valence-corrected chi connectivity index (χ1v) is 7.54. The maximum atomic E-state index is 13.1. The van der Waals surface area contributed by atoms with Gasteiger partial charge < -0.3 is 10.2 Å². The zero-order valence-electron chi connectivity index (χ0n) is 11.2. The van der Waals surface area contributed by atoms with Crippen molar-refractivity contribution in [3.8, 4) is 0 Å². The highest BCUT2D eigenvalue weighted by Crippen LogP contribution is 2.28. The zero-order chi connectivity index (χ0) is 14.1. The van der Waals surface area contributed by atoms with Crippen LogP contribution in [0.5, 0.6) is 0 Å². The molecule has 2 aliphatic heterocycles. The zero-order valence-corrected chi connectivity index (χ0v) is 12.0. The first-order valence-electron chi connectivity index (χ1n) is 7.16. The molecule has 2 heterocycles. The molecule has 108 valence electrons. The van der Waals surface area contributed by atoms with Crippen molar-refractivity contribution in [1.82, 2.24) is 10.2 Å². The van der Waals surface area contributed by atoms with E-state index in [9.17, 15) is 9.18 Å². The monoisotopic (exact) mass is 296 g/mol. The van der Waals surface area contributed by atoms with Crippen LogP contribution in [0.4, 0.5) is 4.39 Å². The van der Waals surface area contributed by atoms with Gasteiger partial charge in [0.2, 0.25) is 0 Å². The largest absolute Gasteiger partial charge is 0.334 e. The molecule has 0 saturated carbocycles. The molecule has 3 rings (SSSR count). The molecular weight excluding hydrogens is 279 g/mol. The van der Waals surface area contributed by atoms with Crippen molar-refractivity contribution in [3.63, 3.8) is 0 Å². The molecule has 20 heavy (non-hydrogen) atoms. The topological polar surface area (TPSA) is 32.3 Å². The molecule has 3 nitrogen and oxygen atoms in total. The number of nitrogens with one attached hydrogen (secondary N) is 1. The molecule has 0 radical (unpaired) electrons. The van der Waals surface area contributed by atoms with Crippen LogP contribution in [0.1, 0.15) is 36.0 Å². The van der Waals surface area contributed by atoms with E-state index in [0.717, 1.165) is 32.4 Å². The Hall–Kier alpha value is -1.13. The van der Waals surface area contributed by atoms with Crippen LogP contribution in [0.3, 0.4) is 0 Å². The molecular formula is C15H18ClFN2O. The van der Waals surface area contributed by atoms with E-state index in [1.54, 1.807) is 0 Å². The molecule has 1 aromatic carbocycles. The molecule has 2 aliphatic rings. The van der Waals surface area contributed by atoms with Gasteiger partial charge in [-0.05, 0) is 50.4 Å². The van der Waals surface area contributed by atoms with E-state index in [0.29, 0.717) is 11.6 Å². The van der Waals surface area contributed by atoms with Crippen LogP contribution in [-0.4, -0.2) is 36.0 Å². The third-order valence-corrected chi connectivity index (χ3v) is 4.60. The van der Waals surface area contributed by atoms with E-state index in [1.807, 2.05) is 4.90 Å².